The number of anilines is 2. The van der Waals surface area contributed by atoms with E-state index in [2.05, 4.69) is 9.69 Å². The van der Waals surface area contributed by atoms with Gasteiger partial charge in [0.05, 0.1) is 11.5 Å². The number of rotatable bonds is 2. The van der Waals surface area contributed by atoms with Crippen LogP contribution < -0.4 is 11.1 Å². The molecule has 2 heterocycles. The molecule has 0 aromatic carbocycles. The van der Waals surface area contributed by atoms with Crippen LogP contribution in [-0.4, -0.2) is 30.3 Å². The molecule has 0 amide bonds. The van der Waals surface area contributed by atoms with E-state index in [-0.39, 0.29) is 17.5 Å². The van der Waals surface area contributed by atoms with Gasteiger partial charge in [0.2, 0.25) is 0 Å². The zero-order valence-corrected chi connectivity index (χ0v) is 9.77. The Morgan fingerprint density at radius 1 is 1.47 bits per heavy atom. The Kier molecular flexibility index (Phi) is 2.83. The Labute approximate surface area is 92.8 Å². The molecule has 15 heavy (non-hydrogen) atoms. The molecule has 1 aromatic rings. The van der Waals surface area contributed by atoms with Crippen molar-refractivity contribution in [1.29, 1.82) is 0 Å². The third-order valence-electron chi connectivity index (χ3n) is 2.43. The Balaban J connectivity index is 1.92. The number of nitrogens with two attached hydrogens (primary N) is 1. The van der Waals surface area contributed by atoms with Gasteiger partial charge in [0.1, 0.15) is 20.7 Å². The van der Waals surface area contributed by atoms with Gasteiger partial charge < -0.3 is 11.1 Å². The summed E-state index contributed by atoms with van der Waals surface area (Å²) in [5, 5.41) is 4.16. The Bertz CT molecular complexity index is 426. The number of nitrogens with zero attached hydrogens (tertiary/aromatic N) is 1. The van der Waals surface area contributed by atoms with Gasteiger partial charge in [0.15, 0.2) is 0 Å². The van der Waals surface area contributed by atoms with Crippen molar-refractivity contribution in [2.24, 2.45) is 0 Å². The van der Waals surface area contributed by atoms with Crippen molar-refractivity contribution in [3.05, 3.63) is 6.07 Å². The lowest BCUT2D eigenvalue weighted by Gasteiger charge is -2.22. The fourth-order valence-electron chi connectivity index (χ4n) is 1.59. The molecule has 0 aliphatic carbocycles. The second-order valence-corrected chi connectivity index (χ2v) is 6.80. The smallest absolute Gasteiger partial charge is 0.150 e. The second-order valence-electron chi connectivity index (χ2n) is 3.69. The highest BCUT2D eigenvalue weighted by Crippen LogP contribution is 2.22. The minimum absolute atomic E-state index is 0.230. The molecule has 0 atom stereocenters. The van der Waals surface area contributed by atoms with E-state index in [1.807, 2.05) is 0 Å². The summed E-state index contributed by atoms with van der Waals surface area (Å²) in [5.74, 6) is 1.06. The summed E-state index contributed by atoms with van der Waals surface area (Å²) < 4.78 is 26.3. The first kappa shape index (κ1) is 10.7. The number of hydrogen-bond acceptors (Lipinski definition) is 6. The molecular weight excluding hydrogens is 234 g/mol. The highest BCUT2D eigenvalue weighted by Gasteiger charge is 2.23. The number of nitrogen functional groups attached to an aromatic ring is 1. The molecule has 1 fully saturated rings. The molecule has 0 unspecified atom stereocenters. The molecule has 5 nitrogen and oxygen atoms in total. The van der Waals surface area contributed by atoms with E-state index in [4.69, 9.17) is 5.73 Å². The van der Waals surface area contributed by atoms with Crippen LogP contribution >= 0.6 is 11.5 Å². The number of aromatic nitrogens is 1. The van der Waals surface area contributed by atoms with E-state index < -0.39 is 9.84 Å². The van der Waals surface area contributed by atoms with Gasteiger partial charge in [0.25, 0.3) is 0 Å². The molecule has 2 rings (SSSR count). The SMILES string of the molecule is Nc1cc(NC2CCS(=O)(=O)CC2)sn1. The molecule has 0 bridgehead atoms. The summed E-state index contributed by atoms with van der Waals surface area (Å²) in [5.41, 5.74) is 5.49. The molecule has 0 saturated carbocycles. The normalized spacial score (nSPS) is 21.3. The van der Waals surface area contributed by atoms with Gasteiger partial charge in [-0.25, -0.2) is 8.42 Å². The molecular formula is C8H13N3O2S2. The molecule has 0 radical (unpaired) electrons. The highest BCUT2D eigenvalue weighted by molar-refractivity contribution is 7.91. The fourth-order valence-corrected chi connectivity index (χ4v) is 3.73. The largest absolute Gasteiger partial charge is 0.383 e. The summed E-state index contributed by atoms with van der Waals surface area (Å²) in [6.07, 6.45) is 1.33. The van der Waals surface area contributed by atoms with Crippen LogP contribution in [0.25, 0.3) is 0 Å². The van der Waals surface area contributed by atoms with E-state index in [1.165, 1.54) is 11.5 Å². The van der Waals surface area contributed by atoms with Gasteiger partial charge in [-0.3, -0.25) is 0 Å². The molecule has 84 valence electrons. The molecule has 1 aromatic heterocycles. The maximum absolute atomic E-state index is 11.2. The molecule has 0 spiro atoms. The third-order valence-corrected chi connectivity index (χ3v) is 4.88. The van der Waals surface area contributed by atoms with Crippen molar-refractivity contribution in [2.45, 2.75) is 18.9 Å². The molecule has 1 aliphatic heterocycles. The first-order valence-corrected chi connectivity index (χ1v) is 7.34. The van der Waals surface area contributed by atoms with Gasteiger partial charge in [-0.2, -0.15) is 4.37 Å². The van der Waals surface area contributed by atoms with Crippen molar-refractivity contribution in [1.82, 2.24) is 4.37 Å². The minimum atomic E-state index is -2.78. The zero-order chi connectivity index (χ0) is 10.9. The van der Waals surface area contributed by atoms with E-state index in [0.717, 1.165) is 5.00 Å². The summed E-state index contributed by atoms with van der Waals surface area (Å²) in [6, 6.07) is 2.00. The average Bonchev–Trinajstić information content (AvgIpc) is 2.55. The Morgan fingerprint density at radius 2 is 2.13 bits per heavy atom. The van der Waals surface area contributed by atoms with Crippen molar-refractivity contribution in [2.75, 3.05) is 22.6 Å². The average molecular weight is 247 g/mol. The third kappa shape index (κ3) is 2.82. The standard InChI is InChI=1S/C8H13N3O2S2/c9-7-5-8(14-11-7)10-6-1-3-15(12,13)4-2-6/h5-6,10H,1-4H2,(H2,9,11). The molecule has 7 heteroatoms. The quantitative estimate of drug-likeness (QED) is 0.804. The van der Waals surface area contributed by atoms with Crippen LogP contribution in [0.1, 0.15) is 12.8 Å². The van der Waals surface area contributed by atoms with E-state index in [0.29, 0.717) is 18.7 Å². The lowest BCUT2D eigenvalue weighted by molar-refractivity contribution is 0.560. The Hall–Kier alpha value is -0.820. The lowest BCUT2D eigenvalue weighted by atomic mass is 10.1. The van der Waals surface area contributed by atoms with Gasteiger partial charge in [0, 0.05) is 12.1 Å². The predicted molar refractivity (Wildman–Crippen MR) is 61.8 cm³/mol. The first-order valence-electron chi connectivity index (χ1n) is 4.74. The predicted octanol–water partition coefficient (Wildman–Crippen LogP) is 0.714. The number of hydrogen-bond donors (Lipinski definition) is 2. The Morgan fingerprint density at radius 3 is 2.67 bits per heavy atom. The van der Waals surface area contributed by atoms with Gasteiger partial charge in [-0.1, -0.05) is 0 Å². The van der Waals surface area contributed by atoms with E-state index in [1.54, 1.807) is 6.07 Å². The van der Waals surface area contributed by atoms with Crippen LogP contribution in [-0.2, 0) is 9.84 Å². The molecule has 3 N–H and O–H groups in total. The van der Waals surface area contributed by atoms with Crippen molar-refractivity contribution in [3.63, 3.8) is 0 Å². The maximum atomic E-state index is 11.2. The van der Waals surface area contributed by atoms with Crippen LogP contribution in [0.5, 0.6) is 0 Å². The fraction of sp³-hybridized carbons (Fsp3) is 0.625. The molecule has 1 saturated heterocycles. The summed E-state index contributed by atoms with van der Waals surface area (Å²) >= 11 is 1.31. The van der Waals surface area contributed by atoms with E-state index in [9.17, 15) is 8.42 Å². The van der Waals surface area contributed by atoms with Crippen LogP contribution in [0.2, 0.25) is 0 Å². The zero-order valence-electron chi connectivity index (χ0n) is 8.14. The first-order chi connectivity index (χ1) is 7.05. The lowest BCUT2D eigenvalue weighted by Crippen LogP contribution is -2.31. The maximum Gasteiger partial charge on any atom is 0.150 e. The van der Waals surface area contributed by atoms with Crippen molar-refractivity contribution >= 4 is 32.2 Å². The van der Waals surface area contributed by atoms with Gasteiger partial charge in [-0.15, -0.1) is 0 Å². The van der Waals surface area contributed by atoms with Crippen LogP contribution in [0.4, 0.5) is 10.8 Å². The van der Waals surface area contributed by atoms with Crippen LogP contribution in [0.3, 0.4) is 0 Å². The second kappa shape index (κ2) is 3.97. The van der Waals surface area contributed by atoms with Crippen molar-refractivity contribution < 1.29 is 8.42 Å². The summed E-state index contributed by atoms with van der Waals surface area (Å²) in [4.78, 5) is 0. The molecule has 1 aliphatic rings. The van der Waals surface area contributed by atoms with Crippen molar-refractivity contribution in [3.8, 4) is 0 Å². The number of nitrogens with one attached hydrogen (secondary N) is 1. The monoisotopic (exact) mass is 247 g/mol. The van der Waals surface area contributed by atoms with Gasteiger partial charge >= 0.3 is 0 Å². The van der Waals surface area contributed by atoms with Gasteiger partial charge in [-0.05, 0) is 24.4 Å². The van der Waals surface area contributed by atoms with Crippen LogP contribution in [0, 0.1) is 0 Å². The minimum Gasteiger partial charge on any atom is -0.383 e. The number of sulfone groups is 1. The van der Waals surface area contributed by atoms with Crippen LogP contribution in [0.15, 0.2) is 6.07 Å². The summed E-state index contributed by atoms with van der Waals surface area (Å²) in [7, 11) is -2.78. The topological polar surface area (TPSA) is 85.1 Å². The highest BCUT2D eigenvalue weighted by atomic mass is 32.2. The van der Waals surface area contributed by atoms with E-state index >= 15 is 0 Å². The summed E-state index contributed by atoms with van der Waals surface area (Å²) in [6.45, 7) is 0.